The van der Waals surface area contributed by atoms with Gasteiger partial charge in [-0.1, -0.05) is 0 Å². The Kier molecular flexibility index (Phi) is 7.53. The van der Waals surface area contributed by atoms with Gasteiger partial charge in [0.05, 0.1) is 19.0 Å². The van der Waals surface area contributed by atoms with Crippen LogP contribution in [0.4, 0.5) is 10.2 Å². The molecule has 11 nitrogen and oxygen atoms in total. The first-order valence-electron chi connectivity index (χ1n) is 11.8. The van der Waals surface area contributed by atoms with Gasteiger partial charge in [-0.2, -0.15) is 0 Å². The Balaban J connectivity index is 1.44. The summed E-state index contributed by atoms with van der Waals surface area (Å²) in [4.78, 5) is 38.1. The molecule has 1 aromatic carbocycles. The Labute approximate surface area is 216 Å². The largest absolute Gasteiger partial charge is 0.456 e. The van der Waals surface area contributed by atoms with Gasteiger partial charge in [0.2, 0.25) is 0 Å². The van der Waals surface area contributed by atoms with Crippen molar-refractivity contribution in [2.24, 2.45) is 0 Å². The van der Waals surface area contributed by atoms with Gasteiger partial charge in [0.25, 0.3) is 0 Å². The number of hydrogen-bond acceptors (Lipinski definition) is 11. The topological polar surface area (TPSA) is 127 Å². The van der Waals surface area contributed by atoms with Crippen molar-refractivity contribution < 1.29 is 32.9 Å². The van der Waals surface area contributed by atoms with Crippen LogP contribution in [0.15, 0.2) is 41.8 Å². The molecular formula is C24H26FN5O6S. The molecule has 13 heteroatoms. The van der Waals surface area contributed by atoms with Crippen LogP contribution in [-0.2, 0) is 28.5 Å². The van der Waals surface area contributed by atoms with Gasteiger partial charge < -0.3 is 24.3 Å². The average Bonchev–Trinajstić information content (AvgIpc) is 3.59. The molecule has 2 fully saturated rings. The fraction of sp³-hybridized carbons (Fsp3) is 0.458. The van der Waals surface area contributed by atoms with Crippen LogP contribution in [0.25, 0.3) is 11.2 Å². The number of aromatic nitrogens is 4. The number of anilines is 1. The van der Waals surface area contributed by atoms with Crippen molar-refractivity contribution in [1.82, 2.24) is 19.5 Å². The zero-order chi connectivity index (χ0) is 25.9. The van der Waals surface area contributed by atoms with Gasteiger partial charge in [0.1, 0.15) is 18.2 Å². The summed E-state index contributed by atoms with van der Waals surface area (Å²) in [6.45, 7) is 3.81. The van der Waals surface area contributed by atoms with Crippen LogP contribution >= 0.6 is 11.8 Å². The number of nitrogens with zero attached hydrogens (tertiary/aromatic N) is 4. The van der Waals surface area contributed by atoms with Crippen LogP contribution in [0.3, 0.4) is 0 Å². The van der Waals surface area contributed by atoms with E-state index in [9.17, 15) is 14.0 Å². The van der Waals surface area contributed by atoms with E-state index in [1.165, 1.54) is 50.4 Å². The lowest BCUT2D eigenvalue weighted by molar-refractivity contribution is -0.165. The molecule has 0 bridgehead atoms. The van der Waals surface area contributed by atoms with Crippen LogP contribution in [0.5, 0.6) is 0 Å². The predicted octanol–water partition coefficient (Wildman–Crippen LogP) is 2.72. The minimum absolute atomic E-state index is 0.112. The minimum atomic E-state index is -0.952. The number of esters is 2. The minimum Gasteiger partial charge on any atom is -0.456 e. The zero-order valence-electron chi connectivity index (χ0n) is 20.2. The molecule has 196 valence electrons. The van der Waals surface area contributed by atoms with E-state index in [0.717, 1.165) is 11.3 Å². The van der Waals surface area contributed by atoms with Gasteiger partial charge in [0.15, 0.2) is 35.4 Å². The normalized spacial score (nSPS) is 25.3. The van der Waals surface area contributed by atoms with Crippen molar-refractivity contribution in [1.29, 1.82) is 0 Å². The monoisotopic (exact) mass is 531 g/mol. The number of ether oxygens (including phenoxy) is 4. The maximum Gasteiger partial charge on any atom is 0.303 e. The molecule has 4 heterocycles. The summed E-state index contributed by atoms with van der Waals surface area (Å²) in [5.41, 5.74) is 0.986. The van der Waals surface area contributed by atoms with Gasteiger partial charge in [-0.3, -0.25) is 14.2 Å². The molecule has 0 radical (unpaired) electrons. The average molecular weight is 532 g/mol. The Hall–Kier alpha value is -3.29. The lowest BCUT2D eigenvalue weighted by Crippen LogP contribution is -2.39. The Morgan fingerprint density at radius 1 is 1.14 bits per heavy atom. The maximum atomic E-state index is 13.3. The van der Waals surface area contributed by atoms with Crippen molar-refractivity contribution in [3.8, 4) is 0 Å². The molecule has 0 aliphatic carbocycles. The van der Waals surface area contributed by atoms with Crippen LogP contribution in [0.1, 0.15) is 26.5 Å². The van der Waals surface area contributed by atoms with E-state index in [0.29, 0.717) is 35.9 Å². The number of benzene rings is 1. The third kappa shape index (κ3) is 5.68. The van der Waals surface area contributed by atoms with Gasteiger partial charge in [-0.05, 0) is 30.7 Å². The summed E-state index contributed by atoms with van der Waals surface area (Å²) in [5, 5.41) is 3.34. The summed E-state index contributed by atoms with van der Waals surface area (Å²) in [7, 11) is 0. The van der Waals surface area contributed by atoms with Crippen LogP contribution in [-0.4, -0.2) is 74.8 Å². The van der Waals surface area contributed by atoms with E-state index >= 15 is 0 Å². The fourth-order valence-corrected chi connectivity index (χ4v) is 5.37. The predicted molar refractivity (Wildman–Crippen MR) is 130 cm³/mol. The molecule has 2 aliphatic heterocycles. The summed E-state index contributed by atoms with van der Waals surface area (Å²) in [6.07, 6.45) is 0.468. The lowest BCUT2D eigenvalue weighted by Gasteiger charge is -2.23. The highest BCUT2D eigenvalue weighted by Crippen LogP contribution is 2.38. The van der Waals surface area contributed by atoms with Crippen LogP contribution < -0.4 is 5.32 Å². The number of thioether (sulfide) groups is 1. The van der Waals surface area contributed by atoms with E-state index in [2.05, 4.69) is 20.3 Å². The lowest BCUT2D eigenvalue weighted by atomic mass is 10.1. The summed E-state index contributed by atoms with van der Waals surface area (Å²) < 4.78 is 37.9. The van der Waals surface area contributed by atoms with Crippen molar-refractivity contribution in [3.05, 3.63) is 42.7 Å². The number of rotatable bonds is 8. The molecule has 5 rings (SSSR count). The van der Waals surface area contributed by atoms with E-state index < -0.39 is 36.5 Å². The zero-order valence-corrected chi connectivity index (χ0v) is 21.0. The molecular weight excluding hydrogens is 505 g/mol. The van der Waals surface area contributed by atoms with Crippen LogP contribution in [0.2, 0.25) is 0 Å². The first-order valence-corrected chi connectivity index (χ1v) is 12.8. The number of nitrogens with one attached hydrogen (secondary N) is 1. The van der Waals surface area contributed by atoms with Gasteiger partial charge in [-0.25, -0.2) is 19.3 Å². The summed E-state index contributed by atoms with van der Waals surface area (Å²) >= 11 is 1.41. The van der Waals surface area contributed by atoms with E-state index in [-0.39, 0.29) is 11.9 Å². The first kappa shape index (κ1) is 25.4. The number of imidazole rings is 1. The van der Waals surface area contributed by atoms with Crippen molar-refractivity contribution in [2.75, 3.05) is 24.3 Å². The molecule has 2 aromatic heterocycles. The van der Waals surface area contributed by atoms with Gasteiger partial charge >= 0.3 is 11.9 Å². The number of halogens is 1. The molecule has 0 amide bonds. The van der Waals surface area contributed by atoms with Crippen molar-refractivity contribution in [3.63, 3.8) is 0 Å². The molecule has 1 N–H and O–H groups in total. The van der Waals surface area contributed by atoms with Crippen molar-refractivity contribution in [2.45, 2.75) is 55.7 Å². The number of fused-ring (bicyclic) bond motifs is 1. The molecule has 2 aliphatic rings. The highest BCUT2D eigenvalue weighted by molar-refractivity contribution is 7.99. The van der Waals surface area contributed by atoms with Gasteiger partial charge in [-0.15, -0.1) is 11.8 Å². The second-order valence-electron chi connectivity index (χ2n) is 8.73. The third-order valence-electron chi connectivity index (χ3n) is 6.02. The quantitative estimate of drug-likeness (QED) is 0.340. The molecule has 5 atom stereocenters. The fourth-order valence-electron chi connectivity index (χ4n) is 4.41. The van der Waals surface area contributed by atoms with Crippen molar-refractivity contribution >= 4 is 40.7 Å². The second kappa shape index (κ2) is 11.0. The molecule has 0 saturated carbocycles. The molecule has 0 spiro atoms. The first-order chi connectivity index (χ1) is 17.9. The molecule has 2 saturated heterocycles. The van der Waals surface area contributed by atoms with Gasteiger partial charge in [0, 0.05) is 31.1 Å². The number of carbonyl (C=O) groups is 2. The number of hydrogen-bond donors (Lipinski definition) is 1. The number of carbonyl (C=O) groups excluding carboxylic acids is 2. The Morgan fingerprint density at radius 2 is 1.89 bits per heavy atom. The summed E-state index contributed by atoms with van der Waals surface area (Å²) in [5.74, 6) is -0.510. The standard InChI is InChI=1S/C24H26FN5O6S/c1-13(31)34-20-18(10-37-17-5-3-15(25)4-6-17)36-24(21(20)35-14(2)32)30-12-28-19-22(26-11-27-23(19)30)29-16-7-8-33-9-16/h3-6,11-12,16,18,20-21,24H,7-10H2,1-2H3,(H,26,27,29)/t16-,18-,20-,21-,24-/m1/s1. The second-order valence-corrected chi connectivity index (χ2v) is 9.82. The van der Waals surface area contributed by atoms with E-state index in [4.69, 9.17) is 18.9 Å². The highest BCUT2D eigenvalue weighted by Gasteiger charge is 2.50. The molecule has 37 heavy (non-hydrogen) atoms. The third-order valence-corrected chi connectivity index (χ3v) is 7.12. The molecule has 0 unspecified atom stereocenters. The summed E-state index contributed by atoms with van der Waals surface area (Å²) in [6, 6.07) is 6.15. The van der Waals surface area contributed by atoms with Crippen LogP contribution in [0, 0.1) is 5.82 Å². The maximum absolute atomic E-state index is 13.3. The molecule has 3 aromatic rings. The smallest absolute Gasteiger partial charge is 0.303 e. The SMILES string of the molecule is CC(=O)O[C@@H]1[C@H](OC(C)=O)[C@@H](CSc2ccc(F)cc2)O[C@H]1n1cnc2c(N[C@@H]3CCOC3)ncnc21. The van der Waals surface area contributed by atoms with E-state index in [1.807, 2.05) is 0 Å². The van der Waals surface area contributed by atoms with E-state index in [1.54, 1.807) is 16.7 Å². The Morgan fingerprint density at radius 3 is 2.59 bits per heavy atom. The highest BCUT2D eigenvalue weighted by atomic mass is 32.2. The Bertz CT molecular complexity index is 1270.